The second-order valence-electron chi connectivity index (χ2n) is 7.06. The summed E-state index contributed by atoms with van der Waals surface area (Å²) in [5.74, 6) is -0.288. The van der Waals surface area contributed by atoms with Gasteiger partial charge in [0.05, 0.1) is 13.0 Å². The molecule has 0 radical (unpaired) electrons. The monoisotopic (exact) mass is 362 g/mol. The molecule has 0 unspecified atom stereocenters. The molecule has 1 amide bonds. The van der Waals surface area contributed by atoms with Crippen LogP contribution in [0.1, 0.15) is 67.1 Å². The predicted octanol–water partition coefficient (Wildman–Crippen LogP) is 2.73. The van der Waals surface area contributed by atoms with E-state index < -0.39 is 5.91 Å². The molecule has 1 aromatic heterocycles. The van der Waals surface area contributed by atoms with Crippen LogP contribution in [-0.4, -0.2) is 29.6 Å². The molecule has 6 heteroatoms. The Morgan fingerprint density at radius 1 is 1.23 bits per heavy atom. The normalized spacial score (nSPS) is 14.9. The molecule has 1 aromatic rings. The molecule has 1 fully saturated rings. The number of rotatable bonds is 7. The van der Waals surface area contributed by atoms with E-state index in [1.165, 1.54) is 19.3 Å². The number of aromatic nitrogens is 1. The van der Waals surface area contributed by atoms with Crippen LogP contribution in [0.3, 0.4) is 0 Å². The first kappa shape index (κ1) is 20.2. The molecule has 0 spiro atoms. The van der Waals surface area contributed by atoms with Crippen molar-refractivity contribution in [3.8, 4) is 0 Å². The van der Waals surface area contributed by atoms with Crippen molar-refractivity contribution in [2.45, 2.75) is 65.8 Å². The zero-order valence-corrected chi connectivity index (χ0v) is 16.1. The average Bonchev–Trinajstić information content (AvgIpc) is 2.62. The quantitative estimate of drug-likeness (QED) is 0.757. The van der Waals surface area contributed by atoms with Crippen LogP contribution in [0.2, 0.25) is 0 Å². The molecule has 0 aliphatic heterocycles. The molecule has 1 N–H and O–H groups in total. The molecule has 1 aliphatic rings. The molecular formula is C20H30N2O4. The van der Waals surface area contributed by atoms with Gasteiger partial charge in [0.2, 0.25) is 0 Å². The largest absolute Gasteiger partial charge is 0.466 e. The maximum atomic E-state index is 12.9. The van der Waals surface area contributed by atoms with Gasteiger partial charge in [-0.1, -0.05) is 19.3 Å². The SMILES string of the molecule is CCOC(=O)CCNC(=O)c1cc(C)c(C)n(CC2CCCCC2)c1=O. The molecular weight excluding hydrogens is 332 g/mol. The third-order valence-corrected chi connectivity index (χ3v) is 5.14. The summed E-state index contributed by atoms with van der Waals surface area (Å²) in [6.07, 6.45) is 6.08. The van der Waals surface area contributed by atoms with Crippen LogP contribution in [0.15, 0.2) is 10.9 Å². The number of carbonyl (C=O) groups is 2. The molecule has 0 bridgehead atoms. The Morgan fingerprint density at radius 3 is 2.58 bits per heavy atom. The van der Waals surface area contributed by atoms with E-state index in [0.717, 1.165) is 24.1 Å². The number of amides is 1. The van der Waals surface area contributed by atoms with Crippen molar-refractivity contribution >= 4 is 11.9 Å². The topological polar surface area (TPSA) is 77.4 Å². The molecule has 1 aliphatic carbocycles. The van der Waals surface area contributed by atoms with Gasteiger partial charge in [0.15, 0.2) is 0 Å². The lowest BCUT2D eigenvalue weighted by atomic mass is 9.89. The van der Waals surface area contributed by atoms with Crippen LogP contribution in [0.4, 0.5) is 0 Å². The average molecular weight is 362 g/mol. The zero-order valence-electron chi connectivity index (χ0n) is 16.1. The van der Waals surface area contributed by atoms with Crippen LogP contribution in [-0.2, 0) is 16.1 Å². The number of pyridine rings is 1. The molecule has 0 atom stereocenters. The highest BCUT2D eigenvalue weighted by molar-refractivity contribution is 5.94. The lowest BCUT2D eigenvalue weighted by molar-refractivity contribution is -0.142. The van der Waals surface area contributed by atoms with Crippen LogP contribution in [0.5, 0.6) is 0 Å². The van der Waals surface area contributed by atoms with Gasteiger partial charge in [-0.05, 0) is 51.2 Å². The Labute approximate surface area is 154 Å². The fourth-order valence-corrected chi connectivity index (χ4v) is 3.51. The summed E-state index contributed by atoms with van der Waals surface area (Å²) in [5, 5.41) is 2.65. The maximum Gasteiger partial charge on any atom is 0.307 e. The first-order valence-electron chi connectivity index (χ1n) is 9.58. The van der Waals surface area contributed by atoms with Gasteiger partial charge in [-0.25, -0.2) is 0 Å². The summed E-state index contributed by atoms with van der Waals surface area (Å²) in [5.41, 5.74) is 1.75. The van der Waals surface area contributed by atoms with E-state index in [0.29, 0.717) is 19.1 Å². The molecule has 0 saturated heterocycles. The van der Waals surface area contributed by atoms with Gasteiger partial charge >= 0.3 is 5.97 Å². The number of ether oxygens (including phenoxy) is 1. The third-order valence-electron chi connectivity index (χ3n) is 5.14. The van der Waals surface area contributed by atoms with Crippen LogP contribution >= 0.6 is 0 Å². The van der Waals surface area contributed by atoms with Gasteiger partial charge in [0.25, 0.3) is 11.5 Å². The van der Waals surface area contributed by atoms with E-state index in [-0.39, 0.29) is 30.1 Å². The van der Waals surface area contributed by atoms with Crippen molar-refractivity contribution in [1.82, 2.24) is 9.88 Å². The number of nitrogens with zero attached hydrogens (tertiary/aromatic N) is 1. The molecule has 1 saturated carbocycles. The fraction of sp³-hybridized carbons (Fsp3) is 0.650. The first-order valence-corrected chi connectivity index (χ1v) is 9.58. The van der Waals surface area contributed by atoms with Gasteiger partial charge in [0.1, 0.15) is 5.56 Å². The minimum absolute atomic E-state index is 0.0979. The van der Waals surface area contributed by atoms with Crippen molar-refractivity contribution in [3.63, 3.8) is 0 Å². The smallest absolute Gasteiger partial charge is 0.307 e. The molecule has 0 aromatic carbocycles. The summed E-state index contributed by atoms with van der Waals surface area (Å²) in [6, 6.07) is 1.65. The van der Waals surface area contributed by atoms with Crippen LogP contribution in [0.25, 0.3) is 0 Å². The number of nitrogens with one attached hydrogen (secondary N) is 1. The molecule has 2 rings (SSSR count). The van der Waals surface area contributed by atoms with E-state index in [9.17, 15) is 14.4 Å². The van der Waals surface area contributed by atoms with E-state index in [2.05, 4.69) is 5.32 Å². The molecule has 6 nitrogen and oxygen atoms in total. The number of hydrogen-bond donors (Lipinski definition) is 1. The number of aryl methyl sites for hydroxylation is 1. The Balaban J connectivity index is 2.11. The first-order chi connectivity index (χ1) is 12.4. The van der Waals surface area contributed by atoms with Crippen molar-refractivity contribution in [3.05, 3.63) is 33.2 Å². The van der Waals surface area contributed by atoms with Crippen LogP contribution < -0.4 is 10.9 Å². The number of esters is 1. The summed E-state index contributed by atoms with van der Waals surface area (Å²) in [4.78, 5) is 36.7. The van der Waals surface area contributed by atoms with E-state index in [1.54, 1.807) is 17.6 Å². The highest BCUT2D eigenvalue weighted by Crippen LogP contribution is 2.25. The second-order valence-corrected chi connectivity index (χ2v) is 7.06. The number of hydrogen-bond acceptors (Lipinski definition) is 4. The lowest BCUT2D eigenvalue weighted by Gasteiger charge is -2.24. The Bertz CT molecular complexity index is 702. The standard InChI is InChI=1S/C20H30N2O4/c1-4-26-18(23)10-11-21-19(24)17-12-14(2)15(3)22(20(17)25)13-16-8-6-5-7-9-16/h12,16H,4-11,13H2,1-3H3,(H,21,24). The Hall–Kier alpha value is -2.11. The highest BCUT2D eigenvalue weighted by atomic mass is 16.5. The summed E-state index contributed by atoms with van der Waals surface area (Å²) < 4.78 is 6.59. The summed E-state index contributed by atoms with van der Waals surface area (Å²) in [7, 11) is 0. The van der Waals surface area contributed by atoms with Crippen molar-refractivity contribution < 1.29 is 14.3 Å². The second kappa shape index (κ2) is 9.55. The van der Waals surface area contributed by atoms with E-state index in [1.807, 2.05) is 13.8 Å². The number of carbonyl (C=O) groups excluding carboxylic acids is 2. The minimum Gasteiger partial charge on any atom is -0.466 e. The van der Waals surface area contributed by atoms with Crippen molar-refractivity contribution in [1.29, 1.82) is 0 Å². The van der Waals surface area contributed by atoms with Gasteiger partial charge < -0.3 is 14.6 Å². The zero-order chi connectivity index (χ0) is 19.1. The molecule has 1 heterocycles. The van der Waals surface area contributed by atoms with Gasteiger partial charge in [-0.15, -0.1) is 0 Å². The van der Waals surface area contributed by atoms with Crippen molar-refractivity contribution in [2.24, 2.45) is 5.92 Å². The minimum atomic E-state index is -0.431. The molecule has 144 valence electrons. The lowest BCUT2D eigenvalue weighted by Crippen LogP contribution is -2.36. The van der Waals surface area contributed by atoms with Crippen LogP contribution in [0, 0.1) is 19.8 Å². The Kier molecular flexibility index (Phi) is 7.42. The Morgan fingerprint density at radius 2 is 1.92 bits per heavy atom. The van der Waals surface area contributed by atoms with Gasteiger partial charge in [-0.2, -0.15) is 0 Å². The summed E-state index contributed by atoms with van der Waals surface area (Å²) in [6.45, 7) is 6.74. The van der Waals surface area contributed by atoms with E-state index >= 15 is 0 Å². The highest BCUT2D eigenvalue weighted by Gasteiger charge is 2.20. The third kappa shape index (κ3) is 5.19. The summed E-state index contributed by atoms with van der Waals surface area (Å²) >= 11 is 0. The maximum absolute atomic E-state index is 12.9. The van der Waals surface area contributed by atoms with Gasteiger partial charge in [0, 0.05) is 18.8 Å². The van der Waals surface area contributed by atoms with Gasteiger partial charge in [-0.3, -0.25) is 14.4 Å². The van der Waals surface area contributed by atoms with E-state index in [4.69, 9.17) is 4.74 Å². The van der Waals surface area contributed by atoms with Crippen molar-refractivity contribution in [2.75, 3.05) is 13.2 Å². The molecule has 26 heavy (non-hydrogen) atoms. The fourth-order valence-electron chi connectivity index (χ4n) is 3.51. The predicted molar refractivity (Wildman–Crippen MR) is 100 cm³/mol.